The molecule has 0 bridgehead atoms. The monoisotopic (exact) mass is 463 g/mol. The number of carboxylic acids is 1. The van der Waals surface area contributed by atoms with Gasteiger partial charge in [0.05, 0.1) is 5.56 Å². The first kappa shape index (κ1) is 21.8. The van der Waals surface area contributed by atoms with Crippen molar-refractivity contribution < 1.29 is 19.1 Å². The van der Waals surface area contributed by atoms with Crippen molar-refractivity contribution in [2.75, 3.05) is 0 Å². The van der Waals surface area contributed by atoms with E-state index in [0.29, 0.717) is 44.9 Å². The maximum atomic E-state index is 12.0. The van der Waals surface area contributed by atoms with E-state index in [4.69, 9.17) is 14.7 Å². The lowest BCUT2D eigenvalue weighted by molar-refractivity contribution is 0.0697. The number of ether oxygens (including phenoxy) is 1. The zero-order valence-electron chi connectivity index (χ0n) is 18.2. The van der Waals surface area contributed by atoms with Gasteiger partial charge >= 0.3 is 5.97 Å². The van der Waals surface area contributed by atoms with Gasteiger partial charge in [-0.25, -0.2) is 4.79 Å². The van der Waals surface area contributed by atoms with Gasteiger partial charge in [-0.15, -0.1) is 0 Å². The summed E-state index contributed by atoms with van der Waals surface area (Å²) >= 11 is 0. The largest absolute Gasteiger partial charge is 0.489 e. The molecule has 0 unspecified atom stereocenters. The minimum Gasteiger partial charge on any atom is -0.489 e. The second kappa shape index (κ2) is 9.05. The molecule has 8 heteroatoms. The molecule has 0 saturated carbocycles. The van der Waals surface area contributed by atoms with Gasteiger partial charge in [-0.2, -0.15) is 0 Å². The highest BCUT2D eigenvalue weighted by Gasteiger charge is 2.21. The average Bonchev–Trinajstić information content (AvgIpc) is 2.87. The summed E-state index contributed by atoms with van der Waals surface area (Å²) in [5.74, 6) is -0.156. The van der Waals surface area contributed by atoms with Crippen LogP contribution in [0.3, 0.4) is 0 Å². The molecule has 2 aliphatic rings. The SMILES string of the molecule is [N-]=[N+]=Nc1ccc(COc2ccc3c(-c4ccccc4C(=O)O)c4ccc(=O)cc-4oc3c2)cc1. The molecule has 170 valence electrons. The van der Waals surface area contributed by atoms with Crippen LogP contribution in [0.4, 0.5) is 5.69 Å². The van der Waals surface area contributed by atoms with Crippen molar-refractivity contribution in [2.45, 2.75) is 6.61 Å². The normalized spacial score (nSPS) is 10.7. The molecule has 0 radical (unpaired) electrons. The van der Waals surface area contributed by atoms with E-state index in [9.17, 15) is 14.7 Å². The van der Waals surface area contributed by atoms with Gasteiger partial charge in [-0.3, -0.25) is 4.79 Å². The van der Waals surface area contributed by atoms with Crippen molar-refractivity contribution in [2.24, 2.45) is 5.11 Å². The lowest BCUT2D eigenvalue weighted by Gasteiger charge is -2.17. The van der Waals surface area contributed by atoms with E-state index in [-0.39, 0.29) is 17.6 Å². The number of rotatable bonds is 6. The number of fused-ring (bicyclic) bond motifs is 2. The van der Waals surface area contributed by atoms with Crippen LogP contribution >= 0.6 is 0 Å². The van der Waals surface area contributed by atoms with E-state index >= 15 is 0 Å². The van der Waals surface area contributed by atoms with Gasteiger partial charge in [0, 0.05) is 39.2 Å². The van der Waals surface area contributed by atoms with Crippen molar-refractivity contribution in [3.63, 3.8) is 0 Å². The van der Waals surface area contributed by atoms with Crippen LogP contribution in [0.2, 0.25) is 0 Å². The average molecular weight is 463 g/mol. The minimum atomic E-state index is -1.05. The zero-order chi connectivity index (χ0) is 24.4. The molecular formula is C27H17N3O5. The van der Waals surface area contributed by atoms with Crippen molar-refractivity contribution in [3.8, 4) is 28.2 Å². The summed E-state index contributed by atoms with van der Waals surface area (Å²) in [5.41, 5.74) is 12.1. The van der Waals surface area contributed by atoms with Crippen molar-refractivity contribution in [1.82, 2.24) is 0 Å². The summed E-state index contributed by atoms with van der Waals surface area (Å²) in [5, 5.41) is 14.0. The van der Waals surface area contributed by atoms with Crippen LogP contribution in [0, 0.1) is 0 Å². The van der Waals surface area contributed by atoms with Crippen molar-refractivity contribution >= 4 is 22.6 Å². The molecule has 35 heavy (non-hydrogen) atoms. The molecule has 1 aliphatic carbocycles. The van der Waals surface area contributed by atoms with Gasteiger partial charge < -0.3 is 14.3 Å². The van der Waals surface area contributed by atoms with Crippen LogP contribution in [-0.4, -0.2) is 11.1 Å². The molecule has 0 spiro atoms. The molecule has 3 aromatic carbocycles. The zero-order valence-corrected chi connectivity index (χ0v) is 18.2. The maximum absolute atomic E-state index is 12.0. The number of hydrogen-bond donors (Lipinski definition) is 1. The van der Waals surface area contributed by atoms with E-state index in [1.165, 1.54) is 12.1 Å². The Morgan fingerprint density at radius 2 is 1.77 bits per heavy atom. The minimum absolute atomic E-state index is 0.150. The van der Waals surface area contributed by atoms with E-state index in [2.05, 4.69) is 10.0 Å². The summed E-state index contributed by atoms with van der Waals surface area (Å²) in [6.07, 6.45) is 0. The maximum Gasteiger partial charge on any atom is 0.336 e. The van der Waals surface area contributed by atoms with Crippen LogP contribution in [0.25, 0.3) is 43.9 Å². The highest BCUT2D eigenvalue weighted by atomic mass is 16.5. The molecule has 0 atom stereocenters. The van der Waals surface area contributed by atoms with E-state index in [0.717, 1.165) is 5.56 Å². The fourth-order valence-corrected chi connectivity index (χ4v) is 4.00. The van der Waals surface area contributed by atoms with Gasteiger partial charge in [0.25, 0.3) is 0 Å². The van der Waals surface area contributed by atoms with Gasteiger partial charge in [0.1, 0.15) is 23.7 Å². The lowest BCUT2D eigenvalue weighted by Crippen LogP contribution is -2.03. The summed E-state index contributed by atoms with van der Waals surface area (Å²) in [6, 6.07) is 23.5. The molecule has 0 fully saturated rings. The number of carbonyl (C=O) groups is 1. The Morgan fingerprint density at radius 3 is 2.54 bits per heavy atom. The van der Waals surface area contributed by atoms with Gasteiger partial charge in [0.2, 0.25) is 0 Å². The molecule has 1 heterocycles. The summed E-state index contributed by atoms with van der Waals surface area (Å²) in [7, 11) is 0. The Balaban J connectivity index is 1.60. The fourth-order valence-electron chi connectivity index (χ4n) is 4.00. The Kier molecular flexibility index (Phi) is 5.63. The van der Waals surface area contributed by atoms with Crippen LogP contribution < -0.4 is 10.2 Å². The standard InChI is InChI=1S/C27H17N3O5/c28-30-29-17-7-5-16(6-8-17)15-34-19-10-12-23-25(14-19)35-24-13-18(31)9-11-22(24)26(23)20-3-1-2-4-21(20)27(32)33/h1-14H,15H2,(H,32,33). The highest BCUT2D eigenvalue weighted by molar-refractivity contribution is 6.07. The van der Waals surface area contributed by atoms with Crippen LogP contribution in [-0.2, 0) is 6.61 Å². The molecule has 0 saturated heterocycles. The third kappa shape index (κ3) is 4.29. The van der Waals surface area contributed by atoms with Crippen LogP contribution in [0.1, 0.15) is 15.9 Å². The van der Waals surface area contributed by atoms with Gasteiger partial charge in [0.15, 0.2) is 5.43 Å². The van der Waals surface area contributed by atoms with E-state index < -0.39 is 5.97 Å². The molecule has 0 amide bonds. The number of aromatic carboxylic acids is 1. The first-order chi connectivity index (χ1) is 17.0. The molecule has 8 nitrogen and oxygen atoms in total. The Morgan fingerprint density at radius 1 is 0.971 bits per heavy atom. The topological polar surface area (TPSA) is 126 Å². The first-order valence-corrected chi connectivity index (χ1v) is 10.6. The number of azide groups is 1. The second-order valence-electron chi connectivity index (χ2n) is 7.79. The summed E-state index contributed by atoms with van der Waals surface area (Å²) in [6.45, 7) is 0.273. The van der Waals surface area contributed by atoms with Crippen LogP contribution in [0.5, 0.6) is 5.75 Å². The Bertz CT molecular complexity index is 1650. The van der Waals surface area contributed by atoms with Crippen molar-refractivity contribution in [1.29, 1.82) is 0 Å². The molecule has 1 N–H and O–H groups in total. The van der Waals surface area contributed by atoms with Gasteiger partial charge in [-0.05, 0) is 47.0 Å². The summed E-state index contributed by atoms with van der Waals surface area (Å²) in [4.78, 5) is 26.7. The smallest absolute Gasteiger partial charge is 0.336 e. The highest BCUT2D eigenvalue weighted by Crippen LogP contribution is 2.42. The summed E-state index contributed by atoms with van der Waals surface area (Å²) < 4.78 is 12.0. The quantitative estimate of drug-likeness (QED) is 0.128. The predicted molar refractivity (Wildman–Crippen MR) is 131 cm³/mol. The number of hydrogen-bond acceptors (Lipinski definition) is 5. The molecule has 0 aromatic heterocycles. The third-order valence-electron chi connectivity index (χ3n) is 5.59. The predicted octanol–water partition coefficient (Wildman–Crippen LogP) is 6.78. The molecule has 3 aromatic rings. The number of nitrogens with zero attached hydrogens (tertiary/aromatic N) is 3. The van der Waals surface area contributed by atoms with E-state index in [1.807, 2.05) is 6.07 Å². The lowest BCUT2D eigenvalue weighted by atomic mass is 9.91. The van der Waals surface area contributed by atoms with Crippen molar-refractivity contribution in [3.05, 3.63) is 117 Å². The number of benzene rings is 4. The second-order valence-corrected chi connectivity index (χ2v) is 7.79. The van der Waals surface area contributed by atoms with Crippen LogP contribution in [0.15, 0.2) is 99.3 Å². The fraction of sp³-hybridized carbons (Fsp3) is 0.0370. The Labute approximate surface area is 198 Å². The van der Waals surface area contributed by atoms with E-state index in [1.54, 1.807) is 66.7 Å². The Hall–Kier alpha value is -5.07. The molecular weight excluding hydrogens is 446 g/mol. The first-order valence-electron chi connectivity index (χ1n) is 10.6. The number of carboxylic acid groups (broad SMARTS) is 1. The van der Waals surface area contributed by atoms with Gasteiger partial charge in [-0.1, -0.05) is 47.6 Å². The third-order valence-corrected chi connectivity index (χ3v) is 5.59. The molecule has 1 aliphatic heterocycles. The molecule has 5 rings (SSSR count).